The molecule has 82 valence electrons. The summed E-state index contributed by atoms with van der Waals surface area (Å²) in [6, 6.07) is 3.72. The predicted octanol–water partition coefficient (Wildman–Crippen LogP) is 2.04. The quantitative estimate of drug-likeness (QED) is 0.842. The smallest absolute Gasteiger partial charge is 0.255 e. The van der Waals surface area contributed by atoms with Crippen molar-refractivity contribution in [1.82, 2.24) is 5.32 Å². The maximum absolute atomic E-state index is 11.8. The first-order valence-electron chi connectivity index (χ1n) is 4.05. The van der Waals surface area contributed by atoms with Crippen molar-refractivity contribution in [3.8, 4) is 5.75 Å². The lowest BCUT2D eigenvalue weighted by Gasteiger charge is -2.05. The van der Waals surface area contributed by atoms with Gasteiger partial charge < -0.3 is 10.4 Å². The van der Waals surface area contributed by atoms with Gasteiger partial charge in [0.1, 0.15) is 5.75 Å². The molecule has 0 aliphatic rings. The van der Waals surface area contributed by atoms with Gasteiger partial charge in [0.05, 0.1) is 11.6 Å². The molecule has 0 aromatic heterocycles. The topological polar surface area (TPSA) is 49.3 Å². The van der Waals surface area contributed by atoms with Crippen molar-refractivity contribution in [2.75, 3.05) is 6.54 Å². The van der Waals surface area contributed by atoms with Gasteiger partial charge in [-0.1, -0.05) is 11.6 Å². The average molecular weight is 236 g/mol. The molecule has 0 unspecified atom stereocenters. The lowest BCUT2D eigenvalue weighted by molar-refractivity contribution is 0.0891. The molecule has 0 radical (unpaired) electrons. The Morgan fingerprint density at radius 1 is 1.53 bits per heavy atom. The number of halogens is 3. The molecule has 3 nitrogen and oxygen atoms in total. The van der Waals surface area contributed by atoms with Gasteiger partial charge in [0, 0.05) is 5.56 Å². The molecule has 0 fully saturated rings. The second-order valence-corrected chi connectivity index (χ2v) is 3.17. The third kappa shape index (κ3) is 3.36. The monoisotopic (exact) mass is 235 g/mol. The van der Waals surface area contributed by atoms with Crippen LogP contribution in [0.1, 0.15) is 10.4 Å². The van der Waals surface area contributed by atoms with E-state index in [1.807, 2.05) is 5.32 Å². The molecule has 0 saturated heterocycles. The number of alkyl halides is 2. The van der Waals surface area contributed by atoms with Crippen molar-refractivity contribution in [1.29, 1.82) is 0 Å². The molecule has 2 N–H and O–H groups in total. The number of hydrogen-bond donors (Lipinski definition) is 2. The minimum atomic E-state index is -2.60. The Labute approximate surface area is 89.7 Å². The highest BCUT2D eigenvalue weighted by atomic mass is 35.5. The Morgan fingerprint density at radius 2 is 2.20 bits per heavy atom. The Kier molecular flexibility index (Phi) is 3.85. The number of phenols is 1. The lowest BCUT2D eigenvalue weighted by atomic mass is 10.2. The first-order valence-corrected chi connectivity index (χ1v) is 4.43. The number of amides is 1. The van der Waals surface area contributed by atoms with Crippen LogP contribution in [0, 0.1) is 0 Å². The van der Waals surface area contributed by atoms with Crippen molar-refractivity contribution in [3.63, 3.8) is 0 Å². The third-order valence-corrected chi connectivity index (χ3v) is 1.93. The minimum Gasteiger partial charge on any atom is -0.506 e. The van der Waals surface area contributed by atoms with Gasteiger partial charge in [-0.3, -0.25) is 4.79 Å². The van der Waals surface area contributed by atoms with E-state index in [1.54, 1.807) is 0 Å². The molecule has 6 heteroatoms. The number of nitrogens with one attached hydrogen (secondary N) is 1. The molecule has 0 bridgehead atoms. The van der Waals surface area contributed by atoms with E-state index in [9.17, 15) is 13.6 Å². The summed E-state index contributed by atoms with van der Waals surface area (Å²) in [6.07, 6.45) is -2.60. The maximum Gasteiger partial charge on any atom is 0.255 e. The number of hydrogen-bond acceptors (Lipinski definition) is 2. The minimum absolute atomic E-state index is 0.000281. The largest absolute Gasteiger partial charge is 0.506 e. The lowest BCUT2D eigenvalue weighted by Crippen LogP contribution is -2.28. The molecule has 0 aliphatic heterocycles. The molecule has 0 heterocycles. The molecule has 1 amide bonds. The summed E-state index contributed by atoms with van der Waals surface area (Å²) in [5.41, 5.74) is 0.124. The van der Waals surface area contributed by atoms with E-state index in [1.165, 1.54) is 18.2 Å². The fraction of sp³-hybridized carbons (Fsp3) is 0.222. The first-order chi connectivity index (χ1) is 7.00. The van der Waals surface area contributed by atoms with Crippen LogP contribution in [0.25, 0.3) is 0 Å². The molecule has 0 saturated carbocycles. The summed E-state index contributed by atoms with van der Waals surface area (Å²) in [7, 11) is 0. The molecular formula is C9H8ClF2NO2. The summed E-state index contributed by atoms with van der Waals surface area (Å²) in [5.74, 6) is -0.820. The number of benzene rings is 1. The molecule has 15 heavy (non-hydrogen) atoms. The molecule has 0 aliphatic carbocycles. The van der Waals surface area contributed by atoms with Crippen LogP contribution < -0.4 is 5.32 Å². The maximum atomic E-state index is 11.8. The highest BCUT2D eigenvalue weighted by molar-refractivity contribution is 6.32. The van der Waals surface area contributed by atoms with Gasteiger partial charge in [0.2, 0.25) is 0 Å². The van der Waals surface area contributed by atoms with E-state index in [-0.39, 0.29) is 16.3 Å². The average Bonchev–Trinajstić information content (AvgIpc) is 2.18. The number of aromatic hydroxyl groups is 1. The Hall–Kier alpha value is -1.36. The molecule has 0 spiro atoms. The van der Waals surface area contributed by atoms with Crippen LogP contribution in [-0.2, 0) is 0 Å². The van der Waals surface area contributed by atoms with Crippen molar-refractivity contribution in [2.45, 2.75) is 6.43 Å². The summed E-state index contributed by atoms with van der Waals surface area (Å²) in [6.45, 7) is -0.711. The Morgan fingerprint density at radius 3 is 2.73 bits per heavy atom. The Bertz CT molecular complexity index is 371. The standard InChI is InChI=1S/C9H8ClF2NO2/c10-6-3-5(1-2-7(6)14)9(15)13-4-8(11)12/h1-3,8,14H,4H2,(H,13,15). The highest BCUT2D eigenvalue weighted by Gasteiger charge is 2.10. The van der Waals surface area contributed by atoms with Crippen LogP contribution in [0.4, 0.5) is 8.78 Å². The summed E-state index contributed by atoms with van der Waals surface area (Å²) < 4.78 is 23.5. The first kappa shape index (κ1) is 11.7. The molecule has 1 aromatic rings. The van der Waals surface area contributed by atoms with E-state index >= 15 is 0 Å². The van der Waals surface area contributed by atoms with Crippen LogP contribution in [-0.4, -0.2) is 24.0 Å². The van der Waals surface area contributed by atoms with E-state index in [2.05, 4.69) is 0 Å². The fourth-order valence-electron chi connectivity index (χ4n) is 0.920. The van der Waals surface area contributed by atoms with Gasteiger partial charge >= 0.3 is 0 Å². The predicted molar refractivity (Wildman–Crippen MR) is 51.5 cm³/mol. The fourth-order valence-corrected chi connectivity index (χ4v) is 1.10. The van der Waals surface area contributed by atoms with E-state index in [4.69, 9.17) is 16.7 Å². The Balaban J connectivity index is 2.70. The second kappa shape index (κ2) is 4.93. The van der Waals surface area contributed by atoms with Crippen molar-refractivity contribution in [3.05, 3.63) is 28.8 Å². The van der Waals surface area contributed by atoms with Gasteiger partial charge in [-0.25, -0.2) is 8.78 Å². The molecular weight excluding hydrogens is 228 g/mol. The summed E-state index contributed by atoms with van der Waals surface area (Å²) in [4.78, 5) is 11.2. The molecule has 1 rings (SSSR count). The van der Waals surface area contributed by atoms with Gasteiger partial charge in [-0.05, 0) is 18.2 Å². The van der Waals surface area contributed by atoms with Gasteiger partial charge in [0.15, 0.2) is 0 Å². The van der Waals surface area contributed by atoms with Crippen LogP contribution in [0.3, 0.4) is 0 Å². The van der Waals surface area contributed by atoms with Crippen molar-refractivity contribution >= 4 is 17.5 Å². The van der Waals surface area contributed by atoms with Crippen LogP contribution in [0.5, 0.6) is 5.75 Å². The van der Waals surface area contributed by atoms with E-state index in [0.29, 0.717) is 0 Å². The zero-order valence-electron chi connectivity index (χ0n) is 7.51. The van der Waals surface area contributed by atoms with Gasteiger partial charge in [0.25, 0.3) is 12.3 Å². The SMILES string of the molecule is O=C(NCC(F)F)c1ccc(O)c(Cl)c1. The summed E-state index contributed by atoms with van der Waals surface area (Å²) >= 11 is 5.54. The van der Waals surface area contributed by atoms with Crippen LogP contribution in [0.15, 0.2) is 18.2 Å². The highest BCUT2D eigenvalue weighted by Crippen LogP contribution is 2.23. The third-order valence-electron chi connectivity index (χ3n) is 1.63. The zero-order valence-corrected chi connectivity index (χ0v) is 8.26. The normalized spacial score (nSPS) is 10.4. The van der Waals surface area contributed by atoms with E-state index < -0.39 is 18.9 Å². The van der Waals surface area contributed by atoms with E-state index in [0.717, 1.165) is 0 Å². The number of carbonyl (C=O) groups is 1. The van der Waals surface area contributed by atoms with Crippen molar-refractivity contribution < 1.29 is 18.7 Å². The van der Waals surface area contributed by atoms with Gasteiger partial charge in [-0.15, -0.1) is 0 Å². The van der Waals surface area contributed by atoms with Crippen LogP contribution >= 0.6 is 11.6 Å². The number of phenolic OH excluding ortho intramolecular Hbond substituents is 1. The zero-order chi connectivity index (χ0) is 11.4. The van der Waals surface area contributed by atoms with Crippen molar-refractivity contribution in [2.24, 2.45) is 0 Å². The number of rotatable bonds is 3. The van der Waals surface area contributed by atoms with Crippen LogP contribution in [0.2, 0.25) is 5.02 Å². The van der Waals surface area contributed by atoms with Gasteiger partial charge in [-0.2, -0.15) is 0 Å². The molecule has 0 atom stereocenters. The molecule has 1 aromatic carbocycles. The second-order valence-electron chi connectivity index (χ2n) is 2.77. The summed E-state index contributed by atoms with van der Waals surface area (Å²) in [5, 5.41) is 11.1. The number of carbonyl (C=O) groups excluding carboxylic acids is 1.